The molecule has 1 N–H and O–H groups in total. The average molecular weight is 447 g/mol. The van der Waals surface area contributed by atoms with Crippen LogP contribution in [0.25, 0.3) is 0 Å². The van der Waals surface area contributed by atoms with E-state index in [0.717, 1.165) is 34.0 Å². The van der Waals surface area contributed by atoms with E-state index in [0.29, 0.717) is 17.9 Å². The molecule has 0 aromatic rings. The van der Waals surface area contributed by atoms with Crippen LogP contribution in [0.2, 0.25) is 0 Å². The van der Waals surface area contributed by atoms with E-state index in [9.17, 15) is 23.1 Å². The van der Waals surface area contributed by atoms with Crippen molar-refractivity contribution >= 4 is 62.1 Å². The molecule has 26 heavy (non-hydrogen) atoms. The molecule has 0 atom stereocenters. The molecule has 13 heteroatoms. The van der Waals surface area contributed by atoms with Gasteiger partial charge in [0.25, 0.3) is 16.0 Å². The van der Waals surface area contributed by atoms with E-state index in [1.54, 1.807) is 23.9 Å². The number of aliphatic carboxylic acids is 1. The Kier molecular flexibility index (Phi) is 9.64. The van der Waals surface area contributed by atoms with E-state index in [-0.39, 0.29) is 39.6 Å². The van der Waals surface area contributed by atoms with Crippen molar-refractivity contribution in [3.63, 3.8) is 0 Å². The first-order chi connectivity index (χ1) is 11.7. The van der Waals surface area contributed by atoms with Gasteiger partial charge in [0.2, 0.25) is 0 Å². The number of amides is 1. The van der Waals surface area contributed by atoms with Crippen LogP contribution in [0.3, 0.4) is 0 Å². The summed E-state index contributed by atoms with van der Waals surface area (Å²) in [6.07, 6.45) is 3.61. The van der Waals surface area contributed by atoms with Crippen molar-refractivity contribution in [1.29, 1.82) is 0 Å². The topological polar surface area (TPSA) is 118 Å². The van der Waals surface area contributed by atoms with Crippen LogP contribution < -0.4 is 34.7 Å². The number of carbonyl (C=O) groups is 2. The fourth-order valence-corrected chi connectivity index (χ4v) is 4.94. The largest absolute Gasteiger partial charge is 1.00 e. The van der Waals surface area contributed by atoms with Gasteiger partial charge in [-0.3, -0.25) is 14.2 Å². The number of thioether (sulfide) groups is 2. The number of nitrogens with zero attached hydrogens (tertiary/aromatic N) is 2. The zero-order chi connectivity index (χ0) is 18.6. The minimum atomic E-state index is -3.97. The standard InChI is InChI=1S/C13H16N2O6S4.Na/c16-11(17)8-15-12(18)9(24-13(15)22)2-3-10-14(5-6-23-10)4-1-7-25(19,20)21;/h2-3H,1,4-8H2,(H,16,17)(H,19,20,21);/q;+1/p-1/b9-2-,10-3-;. The molecule has 2 saturated heterocycles. The Balaban J connectivity index is 0.00000338. The van der Waals surface area contributed by atoms with Gasteiger partial charge in [-0.25, -0.2) is 0 Å². The number of carboxylic acid groups (broad SMARTS) is 1. The summed E-state index contributed by atoms with van der Waals surface area (Å²) in [6.45, 7) is 0.634. The Morgan fingerprint density at radius 1 is 1.38 bits per heavy atom. The molecule has 0 bridgehead atoms. The van der Waals surface area contributed by atoms with Gasteiger partial charge in [-0.2, -0.15) is 8.42 Å². The smallest absolute Gasteiger partial charge is 0.548 e. The Morgan fingerprint density at radius 3 is 2.69 bits per heavy atom. The predicted molar refractivity (Wildman–Crippen MR) is 98.1 cm³/mol. The van der Waals surface area contributed by atoms with Crippen LogP contribution in [0.5, 0.6) is 0 Å². The summed E-state index contributed by atoms with van der Waals surface area (Å²) in [5, 5.41) is 11.5. The van der Waals surface area contributed by atoms with Gasteiger partial charge in [-0.15, -0.1) is 11.8 Å². The SMILES string of the molecule is O=C([O-])CN1C(=O)/C(=C/C=C2\SCCN2CCCS(=O)(=O)O)SC1=S.[Na+]. The Morgan fingerprint density at radius 2 is 2.08 bits per heavy atom. The van der Waals surface area contributed by atoms with Crippen molar-refractivity contribution in [2.75, 3.05) is 31.1 Å². The zero-order valence-electron chi connectivity index (χ0n) is 13.9. The van der Waals surface area contributed by atoms with E-state index < -0.39 is 28.5 Å². The van der Waals surface area contributed by atoms with E-state index in [1.165, 1.54) is 0 Å². The molecule has 0 aliphatic carbocycles. The first-order valence-electron chi connectivity index (χ1n) is 7.16. The Bertz CT molecular complexity index is 752. The van der Waals surface area contributed by atoms with Gasteiger partial charge in [0.1, 0.15) is 4.32 Å². The predicted octanol–water partition coefficient (Wildman–Crippen LogP) is -3.35. The fourth-order valence-electron chi connectivity index (χ4n) is 2.20. The van der Waals surface area contributed by atoms with Crippen LogP contribution in [0.15, 0.2) is 22.1 Å². The van der Waals surface area contributed by atoms with Crippen LogP contribution in [-0.2, 0) is 19.7 Å². The van der Waals surface area contributed by atoms with Gasteiger partial charge in [-0.05, 0) is 18.6 Å². The molecular formula is C13H15N2NaO6S4. The summed E-state index contributed by atoms with van der Waals surface area (Å²) in [5.41, 5.74) is 0. The van der Waals surface area contributed by atoms with Gasteiger partial charge < -0.3 is 14.8 Å². The molecule has 2 aliphatic heterocycles. The summed E-state index contributed by atoms with van der Waals surface area (Å²) in [5.74, 6) is -1.33. The second-order valence-corrected chi connectivity index (χ2v) is 9.51. The van der Waals surface area contributed by atoms with Crippen molar-refractivity contribution in [1.82, 2.24) is 9.80 Å². The van der Waals surface area contributed by atoms with E-state index >= 15 is 0 Å². The number of allylic oxidation sites excluding steroid dienone is 2. The third-order valence-electron chi connectivity index (χ3n) is 3.29. The van der Waals surface area contributed by atoms with Crippen molar-refractivity contribution in [3.05, 3.63) is 22.1 Å². The molecule has 138 valence electrons. The van der Waals surface area contributed by atoms with Gasteiger partial charge in [0.15, 0.2) is 0 Å². The molecule has 1 amide bonds. The molecule has 0 spiro atoms. The molecule has 0 radical (unpaired) electrons. The summed E-state index contributed by atoms with van der Waals surface area (Å²) in [4.78, 5) is 26.1. The molecule has 2 fully saturated rings. The summed E-state index contributed by atoms with van der Waals surface area (Å²) >= 11 is 7.58. The molecule has 2 aliphatic rings. The van der Waals surface area contributed by atoms with Gasteiger partial charge in [0.05, 0.1) is 28.2 Å². The maximum Gasteiger partial charge on any atom is 1.00 e. The molecule has 0 aromatic heterocycles. The minimum absolute atomic E-state index is 0. The van der Waals surface area contributed by atoms with Gasteiger partial charge in [0, 0.05) is 18.8 Å². The van der Waals surface area contributed by atoms with Crippen molar-refractivity contribution < 1.29 is 57.2 Å². The quantitative estimate of drug-likeness (QED) is 0.184. The van der Waals surface area contributed by atoms with Crippen LogP contribution in [0, 0.1) is 0 Å². The van der Waals surface area contributed by atoms with Gasteiger partial charge in [-0.1, -0.05) is 24.0 Å². The normalized spacial score (nSPS) is 21.0. The minimum Gasteiger partial charge on any atom is -0.548 e. The maximum atomic E-state index is 12.1. The Labute approximate surface area is 187 Å². The van der Waals surface area contributed by atoms with Gasteiger partial charge >= 0.3 is 29.6 Å². The number of hydrogen-bond acceptors (Lipinski definition) is 9. The second kappa shape index (κ2) is 10.5. The summed E-state index contributed by atoms with van der Waals surface area (Å²) < 4.78 is 30.5. The van der Waals surface area contributed by atoms with Crippen LogP contribution >= 0.6 is 35.7 Å². The molecule has 2 rings (SSSR count). The van der Waals surface area contributed by atoms with Crippen LogP contribution in [-0.4, -0.2) is 70.1 Å². The maximum absolute atomic E-state index is 12.1. The van der Waals surface area contributed by atoms with E-state index in [4.69, 9.17) is 16.8 Å². The molecule has 8 nitrogen and oxygen atoms in total. The number of carbonyl (C=O) groups excluding carboxylic acids is 2. The molecule has 2 heterocycles. The number of thiocarbonyl (C=S) groups is 1. The summed E-state index contributed by atoms with van der Waals surface area (Å²) in [6, 6.07) is 0. The fraction of sp³-hybridized carbons (Fsp3) is 0.462. The molecule has 0 aromatic carbocycles. The third kappa shape index (κ3) is 7.15. The first-order valence-corrected chi connectivity index (χ1v) is 11.0. The Hall–Kier alpha value is -0.0800. The van der Waals surface area contributed by atoms with Crippen molar-refractivity contribution in [2.45, 2.75) is 6.42 Å². The van der Waals surface area contributed by atoms with Crippen molar-refractivity contribution in [2.24, 2.45) is 0 Å². The molecule has 0 unspecified atom stereocenters. The second-order valence-electron chi connectivity index (χ2n) is 5.14. The number of carboxylic acids is 1. The van der Waals surface area contributed by atoms with E-state index in [2.05, 4.69) is 0 Å². The number of hydrogen-bond donors (Lipinski definition) is 1. The van der Waals surface area contributed by atoms with Crippen LogP contribution in [0.1, 0.15) is 6.42 Å². The third-order valence-corrected chi connectivity index (χ3v) is 6.57. The average Bonchev–Trinajstić information content (AvgIpc) is 3.03. The summed E-state index contributed by atoms with van der Waals surface area (Å²) in [7, 11) is -3.97. The molecule has 0 saturated carbocycles. The van der Waals surface area contributed by atoms with Crippen molar-refractivity contribution in [3.8, 4) is 0 Å². The zero-order valence-corrected chi connectivity index (χ0v) is 19.2. The monoisotopic (exact) mass is 446 g/mol. The van der Waals surface area contributed by atoms with Crippen LogP contribution in [0.4, 0.5) is 0 Å². The first kappa shape index (κ1) is 24.0. The van der Waals surface area contributed by atoms with E-state index in [1.807, 2.05) is 4.90 Å². The molecular weight excluding hydrogens is 431 g/mol. The number of rotatable bonds is 7.